The van der Waals surface area contributed by atoms with Crippen LogP contribution in [0.2, 0.25) is 0 Å². The molecule has 2 N–H and O–H groups in total. The van der Waals surface area contributed by atoms with Crippen molar-refractivity contribution in [2.24, 2.45) is 0 Å². The van der Waals surface area contributed by atoms with Crippen LogP contribution in [-0.2, 0) is 9.59 Å². The molecule has 0 aliphatic heterocycles. The Hall–Kier alpha value is -0.440. The Morgan fingerprint density at radius 2 is 1.14 bits per heavy atom. The molecule has 130 valence electrons. The monoisotopic (exact) mass is 350 g/mol. The Labute approximate surface area is 142 Å². The molecule has 8 heteroatoms. The highest BCUT2D eigenvalue weighted by Crippen LogP contribution is 2.19. The van der Waals surface area contributed by atoms with Gasteiger partial charge in [-0.1, -0.05) is 21.6 Å². The van der Waals surface area contributed by atoms with Crippen LogP contribution in [0.15, 0.2) is 0 Å². The van der Waals surface area contributed by atoms with Crippen LogP contribution in [0.4, 0.5) is 0 Å². The zero-order chi connectivity index (χ0) is 16.8. The second kappa shape index (κ2) is 14.2. The van der Waals surface area contributed by atoms with Crippen molar-refractivity contribution in [2.75, 3.05) is 65.9 Å². The van der Waals surface area contributed by atoms with Gasteiger partial charge < -0.3 is 20.4 Å². The van der Waals surface area contributed by atoms with Crippen LogP contribution in [0.5, 0.6) is 0 Å². The average molecular weight is 351 g/mol. The van der Waals surface area contributed by atoms with Gasteiger partial charge in [-0.25, -0.2) is 0 Å². The normalized spacial score (nSPS) is 11.0. The minimum absolute atomic E-state index is 0.104. The second-order valence-electron chi connectivity index (χ2n) is 5.45. The summed E-state index contributed by atoms with van der Waals surface area (Å²) in [5, 5.41) is 5.80. The highest BCUT2D eigenvalue weighted by atomic mass is 33.1. The zero-order valence-electron chi connectivity index (χ0n) is 14.2. The summed E-state index contributed by atoms with van der Waals surface area (Å²) in [4.78, 5) is 26.9. The third kappa shape index (κ3) is 15.9. The predicted octanol–water partition coefficient (Wildman–Crippen LogP) is 0.504. The van der Waals surface area contributed by atoms with E-state index in [9.17, 15) is 9.59 Å². The van der Waals surface area contributed by atoms with Crippen LogP contribution in [0.25, 0.3) is 0 Å². The molecule has 0 aromatic carbocycles. The Bertz CT molecular complexity index is 285. The number of carbonyl (C=O) groups excluding carboxylic acids is 2. The molecule has 0 rings (SSSR count). The molecule has 0 aliphatic carbocycles. The van der Waals surface area contributed by atoms with E-state index >= 15 is 0 Å². The summed E-state index contributed by atoms with van der Waals surface area (Å²) in [5.74, 6) is 1.97. The first kappa shape index (κ1) is 21.6. The number of nitrogens with one attached hydrogen (secondary N) is 2. The van der Waals surface area contributed by atoms with E-state index in [1.54, 1.807) is 21.6 Å². The number of amides is 2. The van der Waals surface area contributed by atoms with Crippen molar-refractivity contribution in [1.82, 2.24) is 20.4 Å². The molecule has 0 unspecified atom stereocenters. The first-order valence-corrected chi connectivity index (χ1v) is 9.98. The summed E-state index contributed by atoms with van der Waals surface area (Å²) in [6.45, 7) is 2.95. The highest BCUT2D eigenvalue weighted by molar-refractivity contribution is 8.76. The fourth-order valence-corrected chi connectivity index (χ4v) is 3.22. The molecule has 6 nitrogen and oxygen atoms in total. The molecule has 0 aromatic rings. The maximum absolute atomic E-state index is 11.5. The molecule has 0 spiro atoms. The first-order chi connectivity index (χ1) is 10.4. The van der Waals surface area contributed by atoms with Crippen LogP contribution in [-0.4, -0.2) is 87.5 Å². The summed E-state index contributed by atoms with van der Waals surface area (Å²) >= 11 is 0. The van der Waals surface area contributed by atoms with E-state index in [0.717, 1.165) is 24.6 Å². The van der Waals surface area contributed by atoms with Gasteiger partial charge in [-0.05, 0) is 28.2 Å². The summed E-state index contributed by atoms with van der Waals surface area (Å²) in [6, 6.07) is 0. The third-order valence-corrected chi connectivity index (χ3v) is 5.08. The van der Waals surface area contributed by atoms with Crippen molar-refractivity contribution in [1.29, 1.82) is 0 Å². The van der Waals surface area contributed by atoms with Crippen LogP contribution in [0.1, 0.15) is 12.8 Å². The number of hydrogen-bond donors (Lipinski definition) is 2. The Kier molecular flexibility index (Phi) is 13.9. The first-order valence-electron chi connectivity index (χ1n) is 7.49. The molecule has 22 heavy (non-hydrogen) atoms. The van der Waals surface area contributed by atoms with Crippen molar-refractivity contribution in [2.45, 2.75) is 12.8 Å². The molecule has 2 amide bonds. The zero-order valence-corrected chi connectivity index (χ0v) is 15.8. The lowest BCUT2D eigenvalue weighted by molar-refractivity contribution is -0.122. The average Bonchev–Trinajstić information content (AvgIpc) is 2.45. The van der Waals surface area contributed by atoms with Crippen LogP contribution < -0.4 is 10.6 Å². The van der Waals surface area contributed by atoms with E-state index < -0.39 is 0 Å². The fraction of sp³-hybridized carbons (Fsp3) is 0.857. The van der Waals surface area contributed by atoms with E-state index in [4.69, 9.17) is 0 Å². The van der Waals surface area contributed by atoms with E-state index in [2.05, 4.69) is 10.6 Å². The number of carbonyl (C=O) groups is 2. The highest BCUT2D eigenvalue weighted by Gasteiger charge is 2.02. The summed E-state index contributed by atoms with van der Waals surface area (Å²) in [5.41, 5.74) is 0. The minimum atomic E-state index is 0.104. The van der Waals surface area contributed by atoms with Gasteiger partial charge in [0, 0.05) is 50.5 Å². The van der Waals surface area contributed by atoms with Crippen LogP contribution in [0.3, 0.4) is 0 Å². The maximum Gasteiger partial charge on any atom is 0.221 e. The SMILES string of the molecule is CN(C)CCC(=O)NCCSSCCNC(=O)CCN(C)C. The van der Waals surface area contributed by atoms with Gasteiger partial charge in [-0.2, -0.15) is 0 Å². The van der Waals surface area contributed by atoms with Crippen molar-refractivity contribution in [3.8, 4) is 0 Å². The third-order valence-electron chi connectivity index (χ3n) is 2.67. The van der Waals surface area contributed by atoms with Gasteiger partial charge in [0.1, 0.15) is 0 Å². The Balaban J connectivity index is 3.30. The largest absolute Gasteiger partial charge is 0.355 e. The van der Waals surface area contributed by atoms with Gasteiger partial charge in [0.05, 0.1) is 0 Å². The van der Waals surface area contributed by atoms with Crippen molar-refractivity contribution < 1.29 is 9.59 Å². The van der Waals surface area contributed by atoms with E-state index in [1.165, 1.54) is 0 Å². The predicted molar refractivity (Wildman–Crippen MR) is 97.3 cm³/mol. The van der Waals surface area contributed by atoms with Gasteiger partial charge in [0.2, 0.25) is 11.8 Å². The fourth-order valence-electron chi connectivity index (χ4n) is 1.41. The molecule has 0 bridgehead atoms. The van der Waals surface area contributed by atoms with Gasteiger partial charge >= 0.3 is 0 Å². The van der Waals surface area contributed by atoms with E-state index in [-0.39, 0.29) is 11.8 Å². The van der Waals surface area contributed by atoms with Crippen molar-refractivity contribution in [3.05, 3.63) is 0 Å². The number of rotatable bonds is 13. The molecular weight excluding hydrogens is 320 g/mol. The summed E-state index contributed by atoms with van der Waals surface area (Å²) in [7, 11) is 11.3. The van der Waals surface area contributed by atoms with E-state index in [1.807, 2.05) is 38.0 Å². The summed E-state index contributed by atoms with van der Waals surface area (Å²) < 4.78 is 0. The van der Waals surface area contributed by atoms with Gasteiger partial charge in [-0.3, -0.25) is 9.59 Å². The molecule has 0 heterocycles. The minimum Gasteiger partial charge on any atom is -0.355 e. The van der Waals surface area contributed by atoms with Crippen molar-refractivity contribution >= 4 is 33.4 Å². The van der Waals surface area contributed by atoms with E-state index in [0.29, 0.717) is 25.9 Å². The lowest BCUT2D eigenvalue weighted by Gasteiger charge is -2.10. The Morgan fingerprint density at radius 3 is 1.45 bits per heavy atom. The standard InChI is InChI=1S/C14H30N4O2S2/c1-17(2)9-5-13(19)15-7-11-21-22-12-8-16-14(20)6-10-18(3)4/h5-12H2,1-4H3,(H,15,19)(H,16,20). The van der Waals surface area contributed by atoms with Gasteiger partial charge in [0.25, 0.3) is 0 Å². The van der Waals surface area contributed by atoms with Crippen LogP contribution in [0, 0.1) is 0 Å². The molecule has 0 fully saturated rings. The second-order valence-corrected chi connectivity index (χ2v) is 8.15. The topological polar surface area (TPSA) is 64.7 Å². The maximum atomic E-state index is 11.5. The molecule has 0 saturated heterocycles. The lowest BCUT2D eigenvalue weighted by Crippen LogP contribution is -2.29. The summed E-state index contributed by atoms with van der Waals surface area (Å²) in [6.07, 6.45) is 1.09. The smallest absolute Gasteiger partial charge is 0.221 e. The molecule has 0 radical (unpaired) electrons. The Morgan fingerprint density at radius 1 is 0.773 bits per heavy atom. The van der Waals surface area contributed by atoms with Gasteiger partial charge in [-0.15, -0.1) is 0 Å². The number of hydrogen-bond acceptors (Lipinski definition) is 6. The number of nitrogens with zero attached hydrogens (tertiary/aromatic N) is 2. The molecule has 0 aliphatic rings. The quantitative estimate of drug-likeness (QED) is 0.373. The molecule has 0 atom stereocenters. The van der Waals surface area contributed by atoms with Crippen LogP contribution >= 0.6 is 21.6 Å². The lowest BCUT2D eigenvalue weighted by atomic mass is 10.4. The van der Waals surface area contributed by atoms with Gasteiger partial charge in [0.15, 0.2) is 0 Å². The molecule has 0 saturated carbocycles. The van der Waals surface area contributed by atoms with Crippen molar-refractivity contribution in [3.63, 3.8) is 0 Å². The molecular formula is C14H30N4O2S2. The molecule has 0 aromatic heterocycles.